The maximum atomic E-state index is 12.2. The predicted octanol–water partition coefficient (Wildman–Crippen LogP) is 4.11. The van der Waals surface area contributed by atoms with Gasteiger partial charge in [0.15, 0.2) is 11.5 Å². The summed E-state index contributed by atoms with van der Waals surface area (Å²) in [5.74, 6) is 1.41. The van der Waals surface area contributed by atoms with Gasteiger partial charge in [-0.25, -0.2) is 4.79 Å². The Morgan fingerprint density at radius 1 is 0.929 bits per heavy atom. The van der Waals surface area contributed by atoms with Gasteiger partial charge in [-0.05, 0) is 60.2 Å². The smallest absolute Gasteiger partial charge is 0.337 e. The van der Waals surface area contributed by atoms with E-state index in [1.54, 1.807) is 28.4 Å². The largest absolute Gasteiger partial charge is 0.493 e. The number of hydrogen-bond acceptors (Lipinski definition) is 6. The van der Waals surface area contributed by atoms with E-state index >= 15 is 0 Å². The molecular formula is C22H26O6. The molecule has 0 N–H and O–H groups in total. The quantitative estimate of drug-likeness (QED) is 0.721. The molecule has 0 saturated heterocycles. The Labute approximate surface area is 165 Å². The average Bonchev–Trinajstić information content (AvgIpc) is 2.87. The normalized spacial score (nSPS) is 15.1. The van der Waals surface area contributed by atoms with Crippen molar-refractivity contribution < 1.29 is 28.5 Å². The molecule has 0 unspecified atom stereocenters. The number of methoxy groups -OCH3 is 5. The van der Waals surface area contributed by atoms with Gasteiger partial charge in [-0.3, -0.25) is 0 Å². The molecule has 0 spiro atoms. The van der Waals surface area contributed by atoms with Crippen molar-refractivity contribution in [1.29, 1.82) is 0 Å². The van der Waals surface area contributed by atoms with Crippen LogP contribution in [0.15, 0.2) is 18.2 Å². The van der Waals surface area contributed by atoms with Gasteiger partial charge in [-0.2, -0.15) is 0 Å². The molecule has 0 bridgehead atoms. The Kier molecular flexibility index (Phi) is 5.79. The molecule has 0 amide bonds. The van der Waals surface area contributed by atoms with Crippen LogP contribution in [0.25, 0.3) is 11.1 Å². The van der Waals surface area contributed by atoms with Crippen LogP contribution in [0.1, 0.15) is 39.6 Å². The van der Waals surface area contributed by atoms with Crippen LogP contribution < -0.4 is 14.2 Å². The average molecular weight is 386 g/mol. The summed E-state index contributed by atoms with van der Waals surface area (Å²) in [7, 11) is 7.89. The first-order valence-electron chi connectivity index (χ1n) is 9.08. The highest BCUT2D eigenvalue weighted by atomic mass is 16.5. The Morgan fingerprint density at radius 2 is 1.64 bits per heavy atom. The van der Waals surface area contributed by atoms with E-state index in [2.05, 4.69) is 0 Å². The number of hydrogen-bond donors (Lipinski definition) is 0. The summed E-state index contributed by atoms with van der Waals surface area (Å²) in [6, 6.07) is 5.68. The molecule has 28 heavy (non-hydrogen) atoms. The first kappa shape index (κ1) is 20.0. The van der Waals surface area contributed by atoms with Gasteiger partial charge in [0.05, 0.1) is 40.1 Å². The lowest BCUT2D eigenvalue weighted by atomic mass is 9.89. The van der Waals surface area contributed by atoms with E-state index in [0.29, 0.717) is 22.8 Å². The third kappa shape index (κ3) is 3.18. The number of benzene rings is 2. The molecule has 6 heteroatoms. The summed E-state index contributed by atoms with van der Waals surface area (Å²) in [5.41, 5.74) is 5.40. The Balaban J connectivity index is 2.39. The van der Waals surface area contributed by atoms with Crippen molar-refractivity contribution in [3.63, 3.8) is 0 Å². The number of carbonyl (C=O) groups is 1. The van der Waals surface area contributed by atoms with Crippen LogP contribution in [-0.4, -0.2) is 41.5 Å². The summed E-state index contributed by atoms with van der Waals surface area (Å²) in [6.07, 6.45) is 1.37. The van der Waals surface area contributed by atoms with E-state index in [1.807, 2.05) is 25.1 Å². The predicted molar refractivity (Wildman–Crippen MR) is 106 cm³/mol. The minimum atomic E-state index is -0.371. The zero-order chi connectivity index (χ0) is 20.4. The zero-order valence-electron chi connectivity index (χ0n) is 17.2. The fraction of sp³-hybridized carbons (Fsp3) is 0.409. The molecule has 0 heterocycles. The van der Waals surface area contributed by atoms with Crippen molar-refractivity contribution >= 4 is 5.97 Å². The number of esters is 1. The standard InChI is InChI=1S/C22H26O6/c1-12-9-14(22(23)28-6)10-15-16(24-2)8-7-13-11-17(25-3)20(26-4)21(27-5)19(13)18(12)15/h9-11,16H,7-8H2,1-6H3/t16-/m1/s1. The molecule has 0 aromatic heterocycles. The third-order valence-electron chi connectivity index (χ3n) is 5.26. The fourth-order valence-corrected chi connectivity index (χ4v) is 4.01. The topological polar surface area (TPSA) is 63.2 Å². The highest BCUT2D eigenvalue weighted by molar-refractivity contribution is 5.93. The molecule has 0 radical (unpaired) electrons. The van der Waals surface area contributed by atoms with E-state index < -0.39 is 0 Å². The van der Waals surface area contributed by atoms with Crippen molar-refractivity contribution in [1.82, 2.24) is 0 Å². The number of rotatable bonds is 5. The van der Waals surface area contributed by atoms with Gasteiger partial charge in [-0.1, -0.05) is 0 Å². The van der Waals surface area contributed by atoms with Gasteiger partial charge in [0.2, 0.25) is 5.75 Å². The molecule has 1 atom stereocenters. The summed E-state index contributed by atoms with van der Waals surface area (Å²) in [4.78, 5) is 12.2. The second-order valence-corrected chi connectivity index (χ2v) is 6.69. The molecule has 2 aromatic rings. The Morgan fingerprint density at radius 3 is 2.21 bits per heavy atom. The summed E-state index contributed by atoms with van der Waals surface area (Å²) in [6.45, 7) is 1.98. The summed E-state index contributed by atoms with van der Waals surface area (Å²) >= 11 is 0. The third-order valence-corrected chi connectivity index (χ3v) is 5.26. The first-order valence-corrected chi connectivity index (χ1v) is 9.08. The second kappa shape index (κ2) is 8.10. The molecular weight excluding hydrogens is 360 g/mol. The summed E-state index contributed by atoms with van der Waals surface area (Å²) < 4.78 is 27.6. The maximum Gasteiger partial charge on any atom is 0.337 e. The van der Waals surface area contributed by atoms with Crippen LogP contribution in [0.5, 0.6) is 17.2 Å². The van der Waals surface area contributed by atoms with E-state index in [4.69, 9.17) is 23.7 Å². The number of carbonyl (C=O) groups excluding carboxylic acids is 1. The Hall–Kier alpha value is -2.73. The summed E-state index contributed by atoms with van der Waals surface area (Å²) in [5, 5.41) is 0. The SMILES string of the molecule is COC(=O)c1cc(C)c2c(c1)[C@H](OC)CCc1cc(OC)c(OC)c(OC)c1-2. The van der Waals surface area contributed by atoms with Crippen LogP contribution in [0, 0.1) is 6.92 Å². The fourth-order valence-electron chi connectivity index (χ4n) is 4.01. The highest BCUT2D eigenvalue weighted by Gasteiger charge is 2.31. The van der Waals surface area contributed by atoms with Crippen molar-refractivity contribution in [3.05, 3.63) is 40.5 Å². The molecule has 0 saturated carbocycles. The lowest BCUT2D eigenvalue weighted by molar-refractivity contribution is 0.0599. The number of fused-ring (bicyclic) bond motifs is 3. The monoisotopic (exact) mass is 386 g/mol. The van der Waals surface area contributed by atoms with Crippen LogP contribution in [-0.2, 0) is 15.9 Å². The van der Waals surface area contributed by atoms with Crippen LogP contribution >= 0.6 is 0 Å². The van der Waals surface area contributed by atoms with E-state index in [1.165, 1.54) is 7.11 Å². The van der Waals surface area contributed by atoms with Crippen molar-refractivity contribution in [2.75, 3.05) is 35.5 Å². The van der Waals surface area contributed by atoms with E-state index in [0.717, 1.165) is 40.7 Å². The molecule has 0 fully saturated rings. The molecule has 150 valence electrons. The lowest BCUT2D eigenvalue weighted by Crippen LogP contribution is -2.08. The first-order chi connectivity index (χ1) is 13.5. The lowest BCUT2D eigenvalue weighted by Gasteiger charge is -2.22. The van der Waals surface area contributed by atoms with Gasteiger partial charge in [0, 0.05) is 12.7 Å². The highest BCUT2D eigenvalue weighted by Crippen LogP contribution is 2.51. The van der Waals surface area contributed by atoms with Gasteiger partial charge in [0.1, 0.15) is 0 Å². The van der Waals surface area contributed by atoms with Gasteiger partial charge in [0.25, 0.3) is 0 Å². The van der Waals surface area contributed by atoms with Crippen molar-refractivity contribution in [2.24, 2.45) is 0 Å². The zero-order valence-corrected chi connectivity index (χ0v) is 17.2. The minimum Gasteiger partial charge on any atom is -0.493 e. The van der Waals surface area contributed by atoms with Crippen LogP contribution in [0.3, 0.4) is 0 Å². The van der Waals surface area contributed by atoms with Gasteiger partial charge < -0.3 is 23.7 Å². The van der Waals surface area contributed by atoms with E-state index in [-0.39, 0.29) is 12.1 Å². The molecule has 0 aliphatic heterocycles. The molecule has 1 aliphatic rings. The van der Waals surface area contributed by atoms with Gasteiger partial charge >= 0.3 is 5.97 Å². The molecule has 1 aliphatic carbocycles. The van der Waals surface area contributed by atoms with Crippen LogP contribution in [0.4, 0.5) is 0 Å². The van der Waals surface area contributed by atoms with Crippen molar-refractivity contribution in [3.8, 4) is 28.4 Å². The molecule has 6 nitrogen and oxygen atoms in total. The van der Waals surface area contributed by atoms with E-state index in [9.17, 15) is 4.79 Å². The van der Waals surface area contributed by atoms with Crippen LogP contribution in [0.2, 0.25) is 0 Å². The second-order valence-electron chi connectivity index (χ2n) is 6.69. The molecule has 3 rings (SSSR count). The van der Waals surface area contributed by atoms with Gasteiger partial charge in [-0.15, -0.1) is 0 Å². The van der Waals surface area contributed by atoms with Crippen molar-refractivity contribution in [2.45, 2.75) is 25.9 Å². The molecule has 2 aromatic carbocycles. The minimum absolute atomic E-state index is 0.160. The number of ether oxygens (including phenoxy) is 5. The number of aryl methyl sites for hydroxylation is 2. The Bertz CT molecular complexity index is 903. The maximum absolute atomic E-state index is 12.2.